The van der Waals surface area contributed by atoms with Gasteiger partial charge in [-0.05, 0) is 59.1 Å². The number of thioether (sulfide) groups is 1. The average molecular weight is 580 g/mol. The van der Waals surface area contributed by atoms with E-state index >= 15 is 0 Å². The SMILES string of the molecule is CCOc1cc(C2C(C(=O)OC)=C(C)Nc3nc(SCc4ccccc4Cl)nn32)cc(Br)c1OC. The molecule has 0 aliphatic carbocycles. The highest BCUT2D eigenvalue weighted by molar-refractivity contribution is 9.10. The third kappa shape index (κ3) is 5.14. The van der Waals surface area contributed by atoms with E-state index in [9.17, 15) is 4.79 Å². The summed E-state index contributed by atoms with van der Waals surface area (Å²) in [5.41, 5.74) is 2.80. The van der Waals surface area contributed by atoms with Crippen molar-refractivity contribution in [1.29, 1.82) is 0 Å². The number of hydrogen-bond acceptors (Lipinski definition) is 8. The zero-order valence-corrected chi connectivity index (χ0v) is 22.8. The van der Waals surface area contributed by atoms with Gasteiger partial charge in [0.15, 0.2) is 11.5 Å². The zero-order chi connectivity index (χ0) is 25.1. The normalized spacial score (nSPS) is 14.9. The lowest BCUT2D eigenvalue weighted by Gasteiger charge is -2.28. The second kappa shape index (κ2) is 10.9. The van der Waals surface area contributed by atoms with Crippen molar-refractivity contribution in [3.05, 3.63) is 68.3 Å². The highest BCUT2D eigenvalue weighted by atomic mass is 79.9. The third-order valence-corrected chi connectivity index (χ3v) is 7.25. The van der Waals surface area contributed by atoms with Crippen LogP contribution in [0, 0.1) is 0 Å². The quantitative estimate of drug-likeness (QED) is 0.262. The van der Waals surface area contributed by atoms with E-state index < -0.39 is 12.0 Å². The first-order chi connectivity index (χ1) is 16.9. The Morgan fingerprint density at radius 1 is 1.29 bits per heavy atom. The van der Waals surface area contributed by atoms with Crippen molar-refractivity contribution in [1.82, 2.24) is 14.8 Å². The summed E-state index contributed by atoms with van der Waals surface area (Å²) < 4.78 is 18.8. The topological polar surface area (TPSA) is 87.5 Å². The maximum atomic E-state index is 12.9. The number of esters is 1. The summed E-state index contributed by atoms with van der Waals surface area (Å²) in [6.45, 7) is 4.16. The summed E-state index contributed by atoms with van der Waals surface area (Å²) in [6, 6.07) is 10.8. The van der Waals surface area contributed by atoms with Crippen molar-refractivity contribution in [2.75, 3.05) is 26.1 Å². The van der Waals surface area contributed by atoms with E-state index in [4.69, 9.17) is 30.9 Å². The smallest absolute Gasteiger partial charge is 0.338 e. The van der Waals surface area contributed by atoms with Crippen LogP contribution in [0.25, 0.3) is 0 Å². The van der Waals surface area contributed by atoms with E-state index in [2.05, 4.69) is 26.2 Å². The Balaban J connectivity index is 1.78. The Hall–Kier alpha value is -2.69. The van der Waals surface area contributed by atoms with E-state index in [0.717, 1.165) is 11.1 Å². The second-order valence-corrected chi connectivity index (χ2v) is 9.77. The molecule has 0 saturated carbocycles. The van der Waals surface area contributed by atoms with Crippen LogP contribution >= 0.6 is 39.3 Å². The fourth-order valence-corrected chi connectivity index (χ4v) is 5.58. The molecule has 184 valence electrons. The highest BCUT2D eigenvalue weighted by Crippen LogP contribution is 2.43. The number of hydrogen-bond donors (Lipinski definition) is 1. The number of nitrogens with one attached hydrogen (secondary N) is 1. The van der Waals surface area contributed by atoms with Crippen molar-refractivity contribution < 1.29 is 19.0 Å². The van der Waals surface area contributed by atoms with E-state index in [1.54, 1.807) is 11.8 Å². The number of halogens is 2. The number of fused-ring (bicyclic) bond motifs is 1. The van der Waals surface area contributed by atoms with Crippen LogP contribution in [0.2, 0.25) is 5.02 Å². The van der Waals surface area contributed by atoms with Crippen molar-refractivity contribution in [2.45, 2.75) is 30.8 Å². The van der Waals surface area contributed by atoms with Crippen molar-refractivity contribution in [2.24, 2.45) is 0 Å². The lowest BCUT2D eigenvalue weighted by Crippen LogP contribution is -2.29. The summed E-state index contributed by atoms with van der Waals surface area (Å²) in [4.78, 5) is 17.5. The van der Waals surface area contributed by atoms with Crippen molar-refractivity contribution >= 4 is 51.2 Å². The molecule has 2 aromatic carbocycles. The number of methoxy groups -OCH3 is 2. The van der Waals surface area contributed by atoms with E-state index in [1.165, 1.54) is 18.9 Å². The Kier molecular flexibility index (Phi) is 7.93. The maximum Gasteiger partial charge on any atom is 0.338 e. The number of carbonyl (C=O) groups excluding carboxylic acids is 1. The molecular formula is C24H24BrClN4O4S. The van der Waals surface area contributed by atoms with Crippen LogP contribution < -0.4 is 14.8 Å². The minimum atomic E-state index is -0.595. The number of nitrogens with zero attached hydrogens (tertiary/aromatic N) is 3. The van der Waals surface area contributed by atoms with Crippen molar-refractivity contribution in [3.63, 3.8) is 0 Å². The lowest BCUT2D eigenvalue weighted by molar-refractivity contribution is -0.136. The minimum Gasteiger partial charge on any atom is -0.492 e. The fourth-order valence-electron chi connectivity index (χ4n) is 3.84. The van der Waals surface area contributed by atoms with Gasteiger partial charge < -0.3 is 19.5 Å². The van der Waals surface area contributed by atoms with Gasteiger partial charge in [-0.25, -0.2) is 9.48 Å². The van der Waals surface area contributed by atoms with Gasteiger partial charge in [0.1, 0.15) is 6.04 Å². The highest BCUT2D eigenvalue weighted by Gasteiger charge is 2.36. The molecular weight excluding hydrogens is 556 g/mol. The largest absolute Gasteiger partial charge is 0.492 e. The maximum absolute atomic E-state index is 12.9. The van der Waals surface area contributed by atoms with Crippen LogP contribution in [0.4, 0.5) is 5.95 Å². The number of rotatable bonds is 8. The number of ether oxygens (including phenoxy) is 3. The van der Waals surface area contributed by atoms with E-state index in [-0.39, 0.29) is 0 Å². The second-order valence-electron chi connectivity index (χ2n) is 7.57. The van der Waals surface area contributed by atoms with Crippen LogP contribution in [-0.2, 0) is 15.3 Å². The van der Waals surface area contributed by atoms with E-state index in [1.807, 2.05) is 50.2 Å². The van der Waals surface area contributed by atoms with Gasteiger partial charge in [-0.2, -0.15) is 4.98 Å². The molecule has 8 nitrogen and oxygen atoms in total. The summed E-state index contributed by atoms with van der Waals surface area (Å²) >= 11 is 11.3. The van der Waals surface area contributed by atoms with Crippen LogP contribution in [0.3, 0.4) is 0 Å². The Bertz CT molecular complexity index is 1300. The number of anilines is 1. The number of aromatic nitrogens is 3. The predicted octanol–water partition coefficient (Wildman–Crippen LogP) is 5.86. The Morgan fingerprint density at radius 3 is 2.74 bits per heavy atom. The molecule has 0 spiro atoms. The molecule has 4 rings (SSSR count). The number of allylic oxidation sites excluding steroid dienone is 1. The molecule has 0 amide bonds. The Morgan fingerprint density at radius 2 is 2.06 bits per heavy atom. The monoisotopic (exact) mass is 578 g/mol. The summed E-state index contributed by atoms with van der Waals surface area (Å²) in [5, 5.41) is 9.17. The Labute approximate surface area is 221 Å². The zero-order valence-electron chi connectivity index (χ0n) is 19.6. The van der Waals surface area contributed by atoms with Gasteiger partial charge in [-0.1, -0.05) is 41.6 Å². The summed E-state index contributed by atoms with van der Waals surface area (Å²) in [5.74, 6) is 1.78. The van der Waals surface area contributed by atoms with Crippen molar-refractivity contribution in [3.8, 4) is 11.5 Å². The van der Waals surface area contributed by atoms with Gasteiger partial charge in [-0.3, -0.25) is 0 Å². The van der Waals surface area contributed by atoms with Gasteiger partial charge in [0.25, 0.3) is 0 Å². The van der Waals surface area contributed by atoms with Crippen LogP contribution in [0.5, 0.6) is 11.5 Å². The summed E-state index contributed by atoms with van der Waals surface area (Å²) in [7, 11) is 2.94. The predicted molar refractivity (Wildman–Crippen MR) is 139 cm³/mol. The molecule has 1 unspecified atom stereocenters. The molecule has 0 fully saturated rings. The lowest BCUT2D eigenvalue weighted by atomic mass is 9.95. The molecule has 35 heavy (non-hydrogen) atoms. The fraction of sp³-hybridized carbons (Fsp3) is 0.292. The molecule has 1 aliphatic heterocycles. The minimum absolute atomic E-state index is 0.423. The van der Waals surface area contributed by atoms with Crippen LogP contribution in [0.15, 0.2) is 57.3 Å². The molecule has 1 aliphatic rings. The third-order valence-electron chi connectivity index (χ3n) is 5.40. The first-order valence-electron chi connectivity index (χ1n) is 10.8. The first kappa shape index (κ1) is 25.4. The van der Waals surface area contributed by atoms with E-state index in [0.29, 0.717) is 55.7 Å². The van der Waals surface area contributed by atoms with Crippen LogP contribution in [-0.4, -0.2) is 41.6 Å². The molecule has 11 heteroatoms. The molecule has 0 radical (unpaired) electrons. The first-order valence-corrected chi connectivity index (χ1v) is 12.9. The molecule has 1 atom stereocenters. The van der Waals surface area contributed by atoms with Crippen LogP contribution in [0.1, 0.15) is 31.0 Å². The standard InChI is InChI=1S/C24H24BrClN4O4S/c1-5-34-18-11-15(10-16(25)21(18)32-3)20-19(22(31)33-4)13(2)27-23-28-24(29-30(20)23)35-12-14-8-6-7-9-17(14)26/h6-11,20H,5,12H2,1-4H3,(H,27,28,29). The summed E-state index contributed by atoms with van der Waals surface area (Å²) in [6.07, 6.45) is 0. The molecule has 0 saturated heterocycles. The van der Waals surface area contributed by atoms with Gasteiger partial charge in [-0.15, -0.1) is 5.10 Å². The molecule has 3 aromatic rings. The van der Waals surface area contributed by atoms with Gasteiger partial charge >= 0.3 is 5.97 Å². The number of benzene rings is 2. The van der Waals surface area contributed by atoms with Gasteiger partial charge in [0.05, 0.1) is 30.9 Å². The molecule has 1 aromatic heterocycles. The van der Waals surface area contributed by atoms with Gasteiger partial charge in [0, 0.05) is 16.5 Å². The molecule has 2 heterocycles. The molecule has 1 N–H and O–H groups in total. The average Bonchev–Trinajstić information content (AvgIpc) is 3.24. The van der Waals surface area contributed by atoms with Gasteiger partial charge in [0.2, 0.25) is 11.1 Å². The number of carbonyl (C=O) groups is 1. The molecule has 0 bridgehead atoms.